The second-order valence-electron chi connectivity index (χ2n) is 16.2. The molecular formula is C58H34N4O2. The first kappa shape index (κ1) is 36.0. The molecule has 298 valence electrons. The van der Waals surface area contributed by atoms with Crippen LogP contribution in [-0.4, -0.2) is 19.9 Å². The van der Waals surface area contributed by atoms with Crippen LogP contribution >= 0.6 is 0 Å². The van der Waals surface area contributed by atoms with Crippen LogP contribution in [0.15, 0.2) is 215 Å². The van der Waals surface area contributed by atoms with Crippen molar-refractivity contribution in [1.82, 2.24) is 19.9 Å². The number of rotatable bonds is 6. The van der Waals surface area contributed by atoms with E-state index in [4.69, 9.17) is 28.8 Å². The van der Waals surface area contributed by atoms with Crippen LogP contribution in [0.3, 0.4) is 0 Å². The van der Waals surface area contributed by atoms with Crippen molar-refractivity contribution >= 4 is 65.7 Å². The highest BCUT2D eigenvalue weighted by atomic mass is 16.3. The molecule has 9 aromatic carbocycles. The largest absolute Gasteiger partial charge is 0.452 e. The van der Waals surface area contributed by atoms with Gasteiger partial charge in [0.25, 0.3) is 0 Å². The van der Waals surface area contributed by atoms with Crippen LogP contribution in [0, 0.1) is 0 Å². The van der Waals surface area contributed by atoms with E-state index in [9.17, 15) is 0 Å². The highest BCUT2D eigenvalue weighted by Crippen LogP contribution is 2.40. The van der Waals surface area contributed by atoms with Gasteiger partial charge in [-0.15, -0.1) is 0 Å². The Bertz CT molecular complexity index is 3970. The van der Waals surface area contributed by atoms with Gasteiger partial charge in [0.05, 0.1) is 0 Å². The van der Waals surface area contributed by atoms with Crippen LogP contribution < -0.4 is 0 Å². The SMILES string of the molecule is c1ccc(-c2nc(-c3cccc(-c4ccc5cc(-c6ccc7oc8c(-c9ccccc9)nc(-c9ccc%10ccccc%10c9)nc8c7c6)ccc5c4)c3)nc3c2oc2ccccc23)cc1. The van der Waals surface area contributed by atoms with Crippen molar-refractivity contribution in [3.05, 3.63) is 206 Å². The van der Waals surface area contributed by atoms with Gasteiger partial charge < -0.3 is 8.83 Å². The van der Waals surface area contributed by atoms with Gasteiger partial charge in [-0.25, -0.2) is 19.9 Å². The van der Waals surface area contributed by atoms with Gasteiger partial charge in [0, 0.05) is 33.0 Å². The number of furan rings is 2. The van der Waals surface area contributed by atoms with E-state index in [1.807, 2.05) is 54.6 Å². The Kier molecular flexibility index (Phi) is 8.11. The van der Waals surface area contributed by atoms with Crippen LogP contribution in [-0.2, 0) is 0 Å². The summed E-state index contributed by atoms with van der Waals surface area (Å²) in [5.74, 6) is 1.31. The number of hydrogen-bond acceptors (Lipinski definition) is 6. The first-order valence-corrected chi connectivity index (χ1v) is 21.4. The number of aromatic nitrogens is 4. The lowest BCUT2D eigenvalue weighted by atomic mass is 9.96. The molecule has 0 aliphatic rings. The van der Waals surface area contributed by atoms with E-state index in [0.29, 0.717) is 22.8 Å². The van der Waals surface area contributed by atoms with Crippen LogP contribution in [0.4, 0.5) is 0 Å². The Morgan fingerprint density at radius 2 is 0.703 bits per heavy atom. The molecule has 4 heterocycles. The fourth-order valence-electron chi connectivity index (χ4n) is 9.03. The van der Waals surface area contributed by atoms with Gasteiger partial charge in [0.15, 0.2) is 22.8 Å². The third-order valence-corrected chi connectivity index (χ3v) is 12.3. The normalized spacial score (nSPS) is 11.8. The van der Waals surface area contributed by atoms with E-state index in [-0.39, 0.29) is 0 Å². The molecule has 0 unspecified atom stereocenters. The van der Waals surface area contributed by atoms with Gasteiger partial charge in [-0.05, 0) is 92.3 Å². The molecule has 13 rings (SSSR count). The molecule has 0 saturated carbocycles. The molecular weight excluding hydrogens is 785 g/mol. The first-order valence-electron chi connectivity index (χ1n) is 21.4. The zero-order chi connectivity index (χ0) is 42.1. The van der Waals surface area contributed by atoms with Crippen molar-refractivity contribution < 1.29 is 8.83 Å². The second kappa shape index (κ2) is 14.4. The predicted molar refractivity (Wildman–Crippen MR) is 260 cm³/mol. The number of hydrogen-bond donors (Lipinski definition) is 0. The molecule has 0 radical (unpaired) electrons. The maximum absolute atomic E-state index is 6.57. The minimum Gasteiger partial charge on any atom is -0.452 e. The Hall–Kier alpha value is -8.74. The van der Waals surface area contributed by atoms with E-state index in [0.717, 1.165) is 105 Å². The van der Waals surface area contributed by atoms with Crippen LogP contribution in [0.2, 0.25) is 0 Å². The molecule has 0 amide bonds. The fourth-order valence-corrected chi connectivity index (χ4v) is 9.03. The topological polar surface area (TPSA) is 77.8 Å². The third kappa shape index (κ3) is 6.03. The summed E-state index contributed by atoms with van der Waals surface area (Å²) >= 11 is 0. The molecule has 64 heavy (non-hydrogen) atoms. The summed E-state index contributed by atoms with van der Waals surface area (Å²) in [5.41, 5.74) is 14.3. The first-order chi connectivity index (χ1) is 31.7. The van der Waals surface area contributed by atoms with E-state index in [1.165, 1.54) is 5.39 Å². The van der Waals surface area contributed by atoms with Gasteiger partial charge in [0.1, 0.15) is 33.6 Å². The molecule has 0 spiro atoms. The summed E-state index contributed by atoms with van der Waals surface area (Å²) in [6.45, 7) is 0. The van der Waals surface area contributed by atoms with Crippen molar-refractivity contribution in [3.8, 4) is 67.5 Å². The van der Waals surface area contributed by atoms with Crippen molar-refractivity contribution in [1.29, 1.82) is 0 Å². The van der Waals surface area contributed by atoms with Crippen LogP contribution in [0.1, 0.15) is 0 Å². The fraction of sp³-hybridized carbons (Fsp3) is 0. The summed E-state index contributed by atoms with van der Waals surface area (Å²) in [7, 11) is 0. The molecule has 6 heteroatoms. The van der Waals surface area contributed by atoms with Crippen molar-refractivity contribution in [3.63, 3.8) is 0 Å². The van der Waals surface area contributed by atoms with Crippen molar-refractivity contribution in [2.75, 3.05) is 0 Å². The predicted octanol–water partition coefficient (Wildman–Crippen LogP) is 15.4. The molecule has 0 aliphatic heterocycles. The van der Waals surface area contributed by atoms with E-state index in [1.54, 1.807) is 0 Å². The molecule has 13 aromatic rings. The zero-order valence-corrected chi connectivity index (χ0v) is 34.2. The minimum absolute atomic E-state index is 0.653. The summed E-state index contributed by atoms with van der Waals surface area (Å²) in [6.07, 6.45) is 0. The van der Waals surface area contributed by atoms with Gasteiger partial charge >= 0.3 is 0 Å². The molecule has 0 aliphatic carbocycles. The summed E-state index contributed by atoms with van der Waals surface area (Å²) in [4.78, 5) is 20.5. The van der Waals surface area contributed by atoms with Crippen molar-refractivity contribution in [2.45, 2.75) is 0 Å². The lowest BCUT2D eigenvalue weighted by molar-refractivity contribution is 0.667. The zero-order valence-electron chi connectivity index (χ0n) is 34.2. The van der Waals surface area contributed by atoms with Crippen molar-refractivity contribution in [2.24, 2.45) is 0 Å². The van der Waals surface area contributed by atoms with Gasteiger partial charge in [-0.1, -0.05) is 158 Å². The van der Waals surface area contributed by atoms with Gasteiger partial charge in [-0.3, -0.25) is 0 Å². The average Bonchev–Trinajstić information content (AvgIpc) is 3.94. The Balaban J connectivity index is 0.873. The molecule has 0 atom stereocenters. The Labute approximate surface area is 366 Å². The quantitative estimate of drug-likeness (QED) is 0.166. The minimum atomic E-state index is 0.653. The smallest absolute Gasteiger partial charge is 0.180 e. The number of para-hydroxylation sites is 1. The molecule has 0 N–H and O–H groups in total. The molecule has 0 fully saturated rings. The highest BCUT2D eigenvalue weighted by Gasteiger charge is 2.21. The number of nitrogens with zero attached hydrogens (tertiary/aromatic N) is 4. The second-order valence-corrected chi connectivity index (χ2v) is 16.2. The number of fused-ring (bicyclic) bond motifs is 8. The van der Waals surface area contributed by atoms with Gasteiger partial charge in [-0.2, -0.15) is 0 Å². The third-order valence-electron chi connectivity index (χ3n) is 12.3. The lowest BCUT2D eigenvalue weighted by Gasteiger charge is -2.10. The Morgan fingerprint density at radius 3 is 1.39 bits per heavy atom. The maximum Gasteiger partial charge on any atom is 0.180 e. The van der Waals surface area contributed by atoms with E-state index >= 15 is 0 Å². The summed E-state index contributed by atoms with van der Waals surface area (Å²) in [5, 5.41) is 6.54. The number of benzene rings is 9. The van der Waals surface area contributed by atoms with E-state index < -0.39 is 0 Å². The maximum atomic E-state index is 6.57. The monoisotopic (exact) mass is 818 g/mol. The van der Waals surface area contributed by atoms with Crippen LogP contribution in [0.25, 0.3) is 133 Å². The molecule has 4 aromatic heterocycles. The average molecular weight is 819 g/mol. The molecule has 0 bridgehead atoms. The highest BCUT2D eigenvalue weighted by molar-refractivity contribution is 6.09. The molecule has 6 nitrogen and oxygen atoms in total. The summed E-state index contributed by atoms with van der Waals surface area (Å²) < 4.78 is 12.9. The van der Waals surface area contributed by atoms with Crippen LogP contribution in [0.5, 0.6) is 0 Å². The van der Waals surface area contributed by atoms with Gasteiger partial charge in [0.2, 0.25) is 0 Å². The van der Waals surface area contributed by atoms with E-state index in [2.05, 4.69) is 152 Å². The molecule has 0 saturated heterocycles. The lowest BCUT2D eigenvalue weighted by Crippen LogP contribution is -1.94. The standard InChI is InChI=1S/C58H34N4O2/c1-3-13-36(14-4-1)51-55-53(47-20-9-10-21-49(47)63-55)61-57(59-51)45-19-11-18-39(33-45)40-23-24-42-31-43(26-25-41(42)30-40)44-28-29-50-48(34-44)54-56(64-50)52(37-15-5-2-6-16-37)60-58(62-54)46-27-22-35-12-7-8-17-38(35)32-46/h1-34H. The summed E-state index contributed by atoms with van der Waals surface area (Å²) in [6, 6.07) is 71.3. The Morgan fingerprint density at radius 1 is 0.266 bits per heavy atom.